The molecule has 0 amide bonds. The first-order chi connectivity index (χ1) is 5.45. The molecule has 1 unspecified atom stereocenters. The molecule has 0 aliphatic rings. The standard InChI is InChI=1S/C6H12F3NO2/c1-5(3-11)2-10-12-4-6(7,8)9/h5,10-11H,2-4H2,1H3. The molecule has 0 saturated heterocycles. The minimum atomic E-state index is -4.31. The van der Waals surface area contributed by atoms with E-state index in [1.165, 1.54) is 0 Å². The van der Waals surface area contributed by atoms with E-state index >= 15 is 0 Å². The molecule has 12 heavy (non-hydrogen) atoms. The average molecular weight is 187 g/mol. The Hall–Kier alpha value is -0.330. The molecule has 1 atom stereocenters. The van der Waals surface area contributed by atoms with E-state index in [0.717, 1.165) is 0 Å². The van der Waals surface area contributed by atoms with Gasteiger partial charge in [-0.1, -0.05) is 6.92 Å². The molecule has 74 valence electrons. The van der Waals surface area contributed by atoms with E-state index in [-0.39, 0.29) is 19.1 Å². The monoisotopic (exact) mass is 187 g/mol. The van der Waals surface area contributed by atoms with E-state index < -0.39 is 12.8 Å². The van der Waals surface area contributed by atoms with Gasteiger partial charge in [0.2, 0.25) is 0 Å². The molecular weight excluding hydrogens is 175 g/mol. The van der Waals surface area contributed by atoms with Gasteiger partial charge in [0.05, 0.1) is 0 Å². The predicted molar refractivity (Wildman–Crippen MR) is 36.3 cm³/mol. The SMILES string of the molecule is CC(CO)CNOCC(F)(F)F. The maximum absolute atomic E-state index is 11.4. The van der Waals surface area contributed by atoms with E-state index in [1.54, 1.807) is 6.92 Å². The van der Waals surface area contributed by atoms with Gasteiger partial charge in [0, 0.05) is 13.2 Å². The summed E-state index contributed by atoms with van der Waals surface area (Å²) in [5.74, 6) is -0.113. The van der Waals surface area contributed by atoms with Crippen molar-refractivity contribution in [2.24, 2.45) is 5.92 Å². The highest BCUT2D eigenvalue weighted by Crippen LogP contribution is 2.13. The van der Waals surface area contributed by atoms with Crippen LogP contribution in [-0.2, 0) is 4.84 Å². The van der Waals surface area contributed by atoms with Crippen LogP contribution in [-0.4, -0.2) is 31.0 Å². The van der Waals surface area contributed by atoms with Gasteiger partial charge in [-0.15, -0.1) is 0 Å². The minimum Gasteiger partial charge on any atom is -0.396 e. The van der Waals surface area contributed by atoms with Crippen LogP contribution < -0.4 is 5.48 Å². The van der Waals surface area contributed by atoms with Crippen molar-refractivity contribution in [1.29, 1.82) is 0 Å². The number of halogens is 3. The quantitative estimate of drug-likeness (QED) is 0.491. The molecule has 0 spiro atoms. The van der Waals surface area contributed by atoms with Crippen LogP contribution in [0.2, 0.25) is 0 Å². The third-order valence-electron chi connectivity index (χ3n) is 1.08. The van der Waals surface area contributed by atoms with Crippen molar-refractivity contribution in [3.05, 3.63) is 0 Å². The Kier molecular flexibility index (Phi) is 5.19. The van der Waals surface area contributed by atoms with E-state index in [1.807, 2.05) is 0 Å². The van der Waals surface area contributed by atoms with Gasteiger partial charge in [-0.25, -0.2) is 5.48 Å². The Morgan fingerprint density at radius 1 is 1.50 bits per heavy atom. The maximum atomic E-state index is 11.4. The first kappa shape index (κ1) is 11.7. The van der Waals surface area contributed by atoms with E-state index in [2.05, 4.69) is 10.3 Å². The number of alkyl halides is 3. The molecule has 0 bridgehead atoms. The Labute approximate surface area is 68.5 Å². The van der Waals surface area contributed by atoms with Crippen molar-refractivity contribution < 1.29 is 23.1 Å². The Balaban J connectivity index is 3.22. The van der Waals surface area contributed by atoms with Crippen LogP contribution in [0.25, 0.3) is 0 Å². The van der Waals surface area contributed by atoms with Crippen molar-refractivity contribution in [3.63, 3.8) is 0 Å². The number of aliphatic hydroxyl groups excluding tert-OH is 1. The summed E-state index contributed by atoms with van der Waals surface area (Å²) in [6, 6.07) is 0. The molecule has 0 aromatic carbocycles. The molecule has 0 aliphatic carbocycles. The van der Waals surface area contributed by atoms with Gasteiger partial charge in [-0.3, -0.25) is 4.84 Å². The second-order valence-electron chi connectivity index (χ2n) is 2.54. The fourth-order valence-corrected chi connectivity index (χ4v) is 0.399. The number of aliphatic hydroxyl groups is 1. The lowest BCUT2D eigenvalue weighted by atomic mass is 10.2. The fraction of sp³-hybridized carbons (Fsp3) is 1.00. The van der Waals surface area contributed by atoms with E-state index in [4.69, 9.17) is 5.11 Å². The van der Waals surface area contributed by atoms with Gasteiger partial charge in [0.1, 0.15) is 0 Å². The molecule has 6 heteroatoms. The topological polar surface area (TPSA) is 41.5 Å². The van der Waals surface area contributed by atoms with Crippen LogP contribution in [0.15, 0.2) is 0 Å². The molecule has 0 aromatic heterocycles. The lowest BCUT2D eigenvalue weighted by Gasteiger charge is -2.10. The zero-order valence-electron chi connectivity index (χ0n) is 6.69. The molecular formula is C6H12F3NO2. The van der Waals surface area contributed by atoms with Crippen molar-refractivity contribution in [3.8, 4) is 0 Å². The van der Waals surface area contributed by atoms with E-state index in [9.17, 15) is 13.2 Å². The summed E-state index contributed by atoms with van der Waals surface area (Å²) in [7, 11) is 0. The van der Waals surface area contributed by atoms with Crippen LogP contribution >= 0.6 is 0 Å². The highest BCUT2D eigenvalue weighted by atomic mass is 19.4. The maximum Gasteiger partial charge on any atom is 0.413 e. The van der Waals surface area contributed by atoms with E-state index in [0.29, 0.717) is 0 Å². The second-order valence-corrected chi connectivity index (χ2v) is 2.54. The Bertz CT molecular complexity index is 118. The highest BCUT2D eigenvalue weighted by molar-refractivity contribution is 4.49. The van der Waals surface area contributed by atoms with Gasteiger partial charge in [0.25, 0.3) is 0 Å². The first-order valence-electron chi connectivity index (χ1n) is 3.48. The molecule has 0 aliphatic heterocycles. The number of hydroxylamine groups is 1. The smallest absolute Gasteiger partial charge is 0.396 e. The number of nitrogens with one attached hydrogen (secondary N) is 1. The molecule has 0 radical (unpaired) electrons. The average Bonchev–Trinajstić information content (AvgIpc) is 1.96. The summed E-state index contributed by atoms with van der Waals surface area (Å²) < 4.78 is 34.3. The summed E-state index contributed by atoms with van der Waals surface area (Å²) in [5, 5.41) is 8.48. The third-order valence-corrected chi connectivity index (χ3v) is 1.08. The predicted octanol–water partition coefficient (Wildman–Crippen LogP) is 0.698. The first-order valence-corrected chi connectivity index (χ1v) is 3.48. The van der Waals surface area contributed by atoms with Gasteiger partial charge < -0.3 is 5.11 Å². The molecule has 0 fully saturated rings. The Morgan fingerprint density at radius 2 is 2.08 bits per heavy atom. The largest absolute Gasteiger partial charge is 0.413 e. The van der Waals surface area contributed by atoms with Crippen molar-refractivity contribution >= 4 is 0 Å². The number of hydrogen-bond acceptors (Lipinski definition) is 3. The summed E-state index contributed by atoms with van der Waals surface area (Å²) in [4.78, 5) is 4.08. The van der Waals surface area contributed by atoms with Crippen LogP contribution in [0.5, 0.6) is 0 Å². The lowest BCUT2D eigenvalue weighted by molar-refractivity contribution is -0.190. The summed E-state index contributed by atoms with van der Waals surface area (Å²) in [5.41, 5.74) is 2.11. The zero-order chi connectivity index (χ0) is 9.61. The van der Waals surface area contributed by atoms with Crippen LogP contribution in [0, 0.1) is 5.92 Å². The molecule has 0 rings (SSSR count). The molecule has 2 N–H and O–H groups in total. The van der Waals surface area contributed by atoms with Gasteiger partial charge in [0.15, 0.2) is 6.61 Å². The highest BCUT2D eigenvalue weighted by Gasteiger charge is 2.27. The third kappa shape index (κ3) is 7.77. The Morgan fingerprint density at radius 3 is 2.50 bits per heavy atom. The lowest BCUT2D eigenvalue weighted by Crippen LogP contribution is -2.28. The van der Waals surface area contributed by atoms with Crippen molar-refractivity contribution in [1.82, 2.24) is 5.48 Å². The number of rotatable bonds is 5. The van der Waals surface area contributed by atoms with Crippen LogP contribution in [0.1, 0.15) is 6.92 Å². The summed E-state index contributed by atoms with van der Waals surface area (Å²) in [6.07, 6.45) is -4.31. The van der Waals surface area contributed by atoms with Gasteiger partial charge in [-0.2, -0.15) is 13.2 Å². The summed E-state index contributed by atoms with van der Waals surface area (Å²) >= 11 is 0. The van der Waals surface area contributed by atoms with Crippen LogP contribution in [0.4, 0.5) is 13.2 Å². The van der Waals surface area contributed by atoms with Crippen LogP contribution in [0.3, 0.4) is 0 Å². The fourth-order valence-electron chi connectivity index (χ4n) is 0.399. The van der Waals surface area contributed by atoms with Crippen molar-refractivity contribution in [2.75, 3.05) is 19.8 Å². The minimum absolute atomic E-state index is 0.0810. The van der Waals surface area contributed by atoms with Gasteiger partial charge >= 0.3 is 6.18 Å². The molecule has 0 heterocycles. The molecule has 3 nitrogen and oxygen atoms in total. The molecule has 0 aromatic rings. The summed E-state index contributed by atoms with van der Waals surface area (Å²) in [6.45, 7) is 0.490. The van der Waals surface area contributed by atoms with Crippen molar-refractivity contribution in [2.45, 2.75) is 13.1 Å². The zero-order valence-corrected chi connectivity index (χ0v) is 6.69. The number of hydrogen-bond donors (Lipinski definition) is 2. The molecule has 0 saturated carbocycles. The second kappa shape index (κ2) is 5.34. The van der Waals surface area contributed by atoms with Gasteiger partial charge in [-0.05, 0) is 5.92 Å². The normalized spacial score (nSPS) is 14.8.